The molecule has 1 aliphatic heterocycles. The number of nitrogens with zero attached hydrogens (tertiary/aromatic N) is 3. The van der Waals surface area contributed by atoms with E-state index in [9.17, 15) is 4.79 Å². The molecule has 0 aliphatic carbocycles. The molecule has 6 heteroatoms. The second kappa shape index (κ2) is 12.7. The first-order valence-electron chi connectivity index (χ1n) is 14.4. The number of carbonyl (C=O) groups excluding carboxylic acids is 1. The quantitative estimate of drug-likeness (QED) is 0.336. The van der Waals surface area contributed by atoms with Crippen LogP contribution in [0.2, 0.25) is 0 Å². The molecule has 1 aliphatic rings. The third kappa shape index (κ3) is 6.67. The summed E-state index contributed by atoms with van der Waals surface area (Å²) in [6.45, 7) is 15.4. The summed E-state index contributed by atoms with van der Waals surface area (Å²) >= 11 is 0. The Bertz CT molecular complexity index is 1290. The highest BCUT2D eigenvalue weighted by molar-refractivity contribution is 5.75. The molecule has 208 valence electrons. The van der Waals surface area contributed by atoms with E-state index >= 15 is 0 Å². The van der Waals surface area contributed by atoms with Gasteiger partial charge in [0.1, 0.15) is 12.4 Å². The minimum Gasteiger partial charge on any atom is -0.488 e. The van der Waals surface area contributed by atoms with Crippen LogP contribution in [0, 0.1) is 13.8 Å². The number of aryl methyl sites for hydroxylation is 4. The molecular weight excluding hydrogens is 484 g/mol. The smallest absolute Gasteiger partial charge is 0.231 e. The van der Waals surface area contributed by atoms with Crippen LogP contribution in [0.15, 0.2) is 36.4 Å². The van der Waals surface area contributed by atoms with Gasteiger partial charge < -0.3 is 10.5 Å². The molecule has 2 heterocycles. The van der Waals surface area contributed by atoms with Crippen LogP contribution in [0.3, 0.4) is 0 Å². The zero-order chi connectivity index (χ0) is 28.1. The highest BCUT2D eigenvalue weighted by atomic mass is 16.5. The lowest BCUT2D eigenvalue weighted by Crippen LogP contribution is -2.39. The number of benzene rings is 2. The molecule has 39 heavy (non-hydrogen) atoms. The number of rotatable bonds is 10. The highest BCUT2D eigenvalue weighted by Gasteiger charge is 2.27. The van der Waals surface area contributed by atoms with E-state index in [1.165, 1.54) is 22.3 Å². The van der Waals surface area contributed by atoms with Crippen molar-refractivity contribution in [1.82, 2.24) is 14.9 Å². The maximum Gasteiger partial charge on any atom is 0.231 e. The number of ether oxygens (including phenoxy) is 1. The van der Waals surface area contributed by atoms with E-state index in [0.29, 0.717) is 19.1 Å². The third-order valence-electron chi connectivity index (χ3n) is 8.07. The van der Waals surface area contributed by atoms with Crippen LogP contribution in [0.4, 0.5) is 0 Å². The first-order chi connectivity index (χ1) is 18.7. The topological polar surface area (TPSA) is 81.3 Å². The van der Waals surface area contributed by atoms with E-state index in [1.807, 2.05) is 0 Å². The van der Waals surface area contributed by atoms with Crippen molar-refractivity contribution in [2.24, 2.45) is 5.73 Å². The first kappa shape index (κ1) is 28.8. The minimum atomic E-state index is -0.273. The number of hydrogen-bond donors (Lipinski definition) is 1. The van der Waals surface area contributed by atoms with Crippen molar-refractivity contribution in [3.8, 4) is 17.1 Å². The van der Waals surface area contributed by atoms with Crippen molar-refractivity contribution in [2.45, 2.75) is 85.7 Å². The molecule has 1 aromatic heterocycles. The van der Waals surface area contributed by atoms with Crippen LogP contribution in [0.25, 0.3) is 11.4 Å². The largest absolute Gasteiger partial charge is 0.488 e. The average molecular weight is 529 g/mol. The number of primary amides is 1. The average Bonchev–Trinajstić information content (AvgIpc) is 2.92. The summed E-state index contributed by atoms with van der Waals surface area (Å²) in [5, 5.41) is 0. The van der Waals surface area contributed by atoms with Gasteiger partial charge >= 0.3 is 0 Å². The summed E-state index contributed by atoms with van der Waals surface area (Å²) in [6, 6.07) is 13.0. The Morgan fingerprint density at radius 1 is 1.05 bits per heavy atom. The van der Waals surface area contributed by atoms with Crippen LogP contribution >= 0.6 is 0 Å². The van der Waals surface area contributed by atoms with Gasteiger partial charge in [0, 0.05) is 22.7 Å². The van der Waals surface area contributed by atoms with Crippen LogP contribution in [0.5, 0.6) is 5.75 Å². The van der Waals surface area contributed by atoms with Crippen molar-refractivity contribution < 1.29 is 9.53 Å². The Hall–Kier alpha value is -3.25. The molecule has 1 fully saturated rings. The van der Waals surface area contributed by atoms with E-state index < -0.39 is 0 Å². The Balaban J connectivity index is 1.74. The van der Waals surface area contributed by atoms with E-state index in [2.05, 4.69) is 82.8 Å². The van der Waals surface area contributed by atoms with E-state index in [0.717, 1.165) is 72.9 Å². The van der Waals surface area contributed by atoms with Gasteiger partial charge in [0.2, 0.25) is 5.91 Å². The Morgan fingerprint density at radius 2 is 1.72 bits per heavy atom. The third-order valence-corrected chi connectivity index (χ3v) is 8.07. The van der Waals surface area contributed by atoms with Crippen molar-refractivity contribution in [3.05, 3.63) is 75.6 Å². The minimum absolute atomic E-state index is 0.273. The zero-order valence-corrected chi connectivity index (χ0v) is 24.5. The summed E-state index contributed by atoms with van der Waals surface area (Å²) in [5.41, 5.74) is 14.7. The number of piperidine rings is 1. The Kier molecular flexibility index (Phi) is 9.39. The van der Waals surface area contributed by atoms with Gasteiger partial charge in [0.15, 0.2) is 5.82 Å². The number of nitrogens with two attached hydrogens (primary N) is 1. The monoisotopic (exact) mass is 528 g/mol. The molecule has 0 spiro atoms. The molecule has 0 unspecified atom stereocenters. The molecular formula is C33H44N4O2. The molecule has 2 N–H and O–H groups in total. The molecule has 2 aromatic carbocycles. The zero-order valence-electron chi connectivity index (χ0n) is 24.5. The number of aromatic nitrogens is 2. The maximum absolute atomic E-state index is 11.5. The Labute approximate surface area is 234 Å². The molecule has 1 amide bonds. The molecule has 4 rings (SSSR count). The van der Waals surface area contributed by atoms with Gasteiger partial charge in [-0.15, -0.1) is 0 Å². The summed E-state index contributed by atoms with van der Waals surface area (Å²) < 4.78 is 6.48. The van der Waals surface area contributed by atoms with Gasteiger partial charge in [-0.3, -0.25) is 9.69 Å². The number of amides is 1. The van der Waals surface area contributed by atoms with Crippen LogP contribution in [-0.2, 0) is 24.2 Å². The van der Waals surface area contributed by atoms with Gasteiger partial charge in [-0.05, 0) is 86.9 Å². The normalized spacial score (nSPS) is 14.6. The molecule has 0 saturated carbocycles. The van der Waals surface area contributed by atoms with Crippen molar-refractivity contribution >= 4 is 5.91 Å². The van der Waals surface area contributed by atoms with Gasteiger partial charge in [0.05, 0.1) is 12.2 Å². The van der Waals surface area contributed by atoms with Gasteiger partial charge in [0.25, 0.3) is 0 Å². The fraction of sp³-hybridized carbons (Fsp3) is 0.485. The standard InChI is InChI=1S/C33H44N4O2/c1-7-24-10-9-11-25(8-2)31(24)33-35-23(6)28(20-39-29-18-27(21(3)4)13-12-22(29)5)32(36-33)26-14-16-37(17-15-26)19-30(34)38/h9-13,18,21,26H,7-8,14-17,19-20H2,1-6H3,(H2,34,38). The predicted octanol–water partition coefficient (Wildman–Crippen LogP) is 6.25. The lowest BCUT2D eigenvalue weighted by Gasteiger charge is -2.32. The van der Waals surface area contributed by atoms with Crippen LogP contribution in [-0.4, -0.2) is 40.4 Å². The number of likely N-dealkylation sites (tertiary alicyclic amines) is 1. The lowest BCUT2D eigenvalue weighted by atomic mass is 9.89. The summed E-state index contributed by atoms with van der Waals surface area (Å²) in [5.74, 6) is 2.17. The SMILES string of the molecule is CCc1cccc(CC)c1-c1nc(C)c(COc2cc(C(C)C)ccc2C)c(C2CCN(CC(N)=O)CC2)n1. The molecule has 0 radical (unpaired) electrons. The Morgan fingerprint density at radius 3 is 2.31 bits per heavy atom. The molecule has 1 saturated heterocycles. The summed E-state index contributed by atoms with van der Waals surface area (Å²) in [4.78, 5) is 24.0. The predicted molar refractivity (Wildman–Crippen MR) is 158 cm³/mol. The van der Waals surface area contributed by atoms with Crippen molar-refractivity contribution in [3.63, 3.8) is 0 Å². The summed E-state index contributed by atoms with van der Waals surface area (Å²) in [7, 11) is 0. The fourth-order valence-corrected chi connectivity index (χ4v) is 5.64. The number of hydrogen-bond acceptors (Lipinski definition) is 5. The van der Waals surface area contributed by atoms with Crippen LogP contribution in [0.1, 0.15) is 91.6 Å². The second-order valence-corrected chi connectivity index (χ2v) is 11.1. The van der Waals surface area contributed by atoms with Gasteiger partial charge in [-0.1, -0.05) is 58.0 Å². The second-order valence-electron chi connectivity index (χ2n) is 11.1. The van der Waals surface area contributed by atoms with E-state index in [4.69, 9.17) is 20.4 Å². The first-order valence-corrected chi connectivity index (χ1v) is 14.4. The lowest BCUT2D eigenvalue weighted by molar-refractivity contribution is -0.119. The molecule has 6 nitrogen and oxygen atoms in total. The van der Waals surface area contributed by atoms with Gasteiger partial charge in [-0.2, -0.15) is 0 Å². The molecule has 3 aromatic rings. The molecule has 0 atom stereocenters. The van der Waals surface area contributed by atoms with E-state index in [1.54, 1.807) is 0 Å². The maximum atomic E-state index is 11.5. The van der Waals surface area contributed by atoms with E-state index in [-0.39, 0.29) is 11.8 Å². The van der Waals surface area contributed by atoms with Crippen LogP contribution < -0.4 is 10.5 Å². The fourth-order valence-electron chi connectivity index (χ4n) is 5.64. The van der Waals surface area contributed by atoms with Crippen molar-refractivity contribution in [2.75, 3.05) is 19.6 Å². The molecule has 0 bridgehead atoms. The van der Waals surface area contributed by atoms with Crippen molar-refractivity contribution in [1.29, 1.82) is 0 Å². The summed E-state index contributed by atoms with van der Waals surface area (Å²) in [6.07, 6.45) is 3.72. The highest BCUT2D eigenvalue weighted by Crippen LogP contribution is 2.35. The number of carbonyl (C=O) groups is 1. The van der Waals surface area contributed by atoms with Gasteiger partial charge in [-0.25, -0.2) is 9.97 Å².